The lowest BCUT2D eigenvalue weighted by molar-refractivity contribution is 0.112. The zero-order valence-corrected chi connectivity index (χ0v) is 9.36. The molecule has 0 saturated heterocycles. The van der Waals surface area contributed by atoms with Crippen molar-refractivity contribution in [3.63, 3.8) is 0 Å². The maximum Gasteiger partial charge on any atom is 0.203 e. The van der Waals surface area contributed by atoms with Crippen LogP contribution in [0.25, 0.3) is 11.0 Å². The molecule has 1 aromatic heterocycles. The fourth-order valence-electron chi connectivity index (χ4n) is 2.46. The van der Waals surface area contributed by atoms with Gasteiger partial charge in [0.15, 0.2) is 6.29 Å². The van der Waals surface area contributed by atoms with Crippen molar-refractivity contribution in [3.8, 4) is 0 Å². The molecule has 1 aliphatic carbocycles. The molecule has 17 heavy (non-hydrogen) atoms. The maximum absolute atomic E-state index is 12.0. The molecule has 3 heteroatoms. The Morgan fingerprint density at radius 3 is 2.53 bits per heavy atom. The van der Waals surface area contributed by atoms with E-state index in [4.69, 9.17) is 4.42 Å². The standard InChI is InChI=1S/C14H12O3/c15-7-11-8-17-13-6-10-4-2-1-3-9(10)5-12(13)14(11)16/h5-8H,1-4H2. The van der Waals surface area contributed by atoms with Gasteiger partial charge in [0.25, 0.3) is 0 Å². The molecule has 1 heterocycles. The summed E-state index contributed by atoms with van der Waals surface area (Å²) in [4.78, 5) is 22.7. The highest BCUT2D eigenvalue weighted by Crippen LogP contribution is 2.25. The molecule has 0 N–H and O–H groups in total. The van der Waals surface area contributed by atoms with Gasteiger partial charge in [-0.3, -0.25) is 9.59 Å². The third kappa shape index (κ3) is 1.58. The summed E-state index contributed by atoms with van der Waals surface area (Å²) in [5, 5.41) is 0.523. The van der Waals surface area contributed by atoms with Crippen molar-refractivity contribution < 1.29 is 9.21 Å². The van der Waals surface area contributed by atoms with E-state index in [9.17, 15) is 9.59 Å². The Morgan fingerprint density at radius 1 is 1.12 bits per heavy atom. The third-order valence-corrected chi connectivity index (χ3v) is 3.39. The van der Waals surface area contributed by atoms with Crippen LogP contribution >= 0.6 is 0 Å². The van der Waals surface area contributed by atoms with Gasteiger partial charge in [-0.1, -0.05) is 0 Å². The SMILES string of the molecule is O=Cc1coc2cc3c(cc2c1=O)CCCC3. The van der Waals surface area contributed by atoms with E-state index in [1.165, 1.54) is 23.8 Å². The van der Waals surface area contributed by atoms with Gasteiger partial charge in [-0.05, 0) is 48.9 Å². The van der Waals surface area contributed by atoms with Crippen molar-refractivity contribution in [2.24, 2.45) is 0 Å². The molecule has 0 amide bonds. The van der Waals surface area contributed by atoms with Crippen molar-refractivity contribution >= 4 is 17.3 Å². The predicted octanol–water partition coefficient (Wildman–Crippen LogP) is 2.48. The minimum atomic E-state index is -0.227. The Bertz CT molecular complexity index is 652. The van der Waals surface area contributed by atoms with Crippen LogP contribution in [0.15, 0.2) is 27.6 Å². The first-order valence-electron chi connectivity index (χ1n) is 5.82. The van der Waals surface area contributed by atoms with E-state index >= 15 is 0 Å². The molecule has 0 saturated carbocycles. The molecular formula is C14H12O3. The highest BCUT2D eigenvalue weighted by molar-refractivity contribution is 5.85. The second-order valence-corrected chi connectivity index (χ2v) is 4.46. The van der Waals surface area contributed by atoms with Crippen LogP contribution in [0.4, 0.5) is 0 Å². The van der Waals surface area contributed by atoms with Gasteiger partial charge in [0.2, 0.25) is 5.43 Å². The number of hydrogen-bond donors (Lipinski definition) is 0. The van der Waals surface area contributed by atoms with E-state index in [0.717, 1.165) is 19.3 Å². The lowest BCUT2D eigenvalue weighted by atomic mass is 9.90. The second kappa shape index (κ2) is 3.84. The predicted molar refractivity (Wildman–Crippen MR) is 64.5 cm³/mol. The van der Waals surface area contributed by atoms with Gasteiger partial charge in [0.05, 0.1) is 10.9 Å². The van der Waals surface area contributed by atoms with Crippen LogP contribution in [0.2, 0.25) is 0 Å². The molecule has 0 atom stereocenters. The van der Waals surface area contributed by atoms with Crippen molar-refractivity contribution in [1.29, 1.82) is 0 Å². The molecule has 1 aromatic carbocycles. The average Bonchev–Trinajstić information content (AvgIpc) is 2.37. The fourth-order valence-corrected chi connectivity index (χ4v) is 2.46. The largest absolute Gasteiger partial charge is 0.463 e. The number of aldehydes is 1. The van der Waals surface area contributed by atoms with Crippen molar-refractivity contribution in [1.82, 2.24) is 0 Å². The lowest BCUT2D eigenvalue weighted by Gasteiger charge is -2.15. The van der Waals surface area contributed by atoms with Gasteiger partial charge >= 0.3 is 0 Å². The van der Waals surface area contributed by atoms with E-state index in [1.807, 2.05) is 12.1 Å². The van der Waals surface area contributed by atoms with E-state index < -0.39 is 0 Å². The summed E-state index contributed by atoms with van der Waals surface area (Å²) in [6, 6.07) is 3.84. The van der Waals surface area contributed by atoms with Crippen LogP contribution in [0.1, 0.15) is 34.3 Å². The quantitative estimate of drug-likeness (QED) is 0.704. The number of fused-ring (bicyclic) bond motifs is 2. The summed E-state index contributed by atoms with van der Waals surface area (Å²) >= 11 is 0. The first kappa shape index (κ1) is 10.3. The fraction of sp³-hybridized carbons (Fsp3) is 0.286. The Morgan fingerprint density at radius 2 is 1.82 bits per heavy atom. The second-order valence-electron chi connectivity index (χ2n) is 4.46. The number of hydrogen-bond acceptors (Lipinski definition) is 3. The van der Waals surface area contributed by atoms with Gasteiger partial charge in [-0.15, -0.1) is 0 Å². The van der Waals surface area contributed by atoms with E-state index in [0.29, 0.717) is 17.3 Å². The number of aryl methyl sites for hydroxylation is 2. The molecule has 3 nitrogen and oxygen atoms in total. The molecular weight excluding hydrogens is 216 g/mol. The number of rotatable bonds is 1. The monoisotopic (exact) mass is 228 g/mol. The van der Waals surface area contributed by atoms with Crippen molar-refractivity contribution in [2.45, 2.75) is 25.7 Å². The summed E-state index contributed by atoms with van der Waals surface area (Å²) in [6.07, 6.45) is 6.20. The van der Waals surface area contributed by atoms with Gasteiger partial charge in [0, 0.05) is 0 Å². The molecule has 3 rings (SSSR count). The molecule has 1 aliphatic rings. The molecule has 0 spiro atoms. The van der Waals surface area contributed by atoms with E-state index in [1.54, 1.807) is 0 Å². The van der Waals surface area contributed by atoms with Crippen molar-refractivity contribution in [2.75, 3.05) is 0 Å². The summed E-state index contributed by atoms with van der Waals surface area (Å²) in [5.41, 5.74) is 2.94. The average molecular weight is 228 g/mol. The van der Waals surface area contributed by atoms with Crippen molar-refractivity contribution in [3.05, 3.63) is 45.3 Å². The zero-order chi connectivity index (χ0) is 11.8. The van der Waals surface area contributed by atoms with Crippen LogP contribution in [0, 0.1) is 0 Å². The first-order valence-corrected chi connectivity index (χ1v) is 5.82. The summed E-state index contributed by atoms with van der Waals surface area (Å²) < 4.78 is 5.35. The zero-order valence-electron chi connectivity index (χ0n) is 9.36. The lowest BCUT2D eigenvalue weighted by Crippen LogP contribution is -2.10. The Balaban J connectivity index is 2.34. The number of carbonyl (C=O) groups excluding carboxylic acids is 1. The summed E-state index contributed by atoms with van der Waals surface area (Å²) in [7, 11) is 0. The van der Waals surface area contributed by atoms with Crippen LogP contribution in [-0.4, -0.2) is 6.29 Å². The van der Waals surface area contributed by atoms with Crippen LogP contribution in [0.5, 0.6) is 0 Å². The van der Waals surface area contributed by atoms with Gasteiger partial charge in [0.1, 0.15) is 11.8 Å². The topological polar surface area (TPSA) is 47.3 Å². The molecule has 0 bridgehead atoms. The van der Waals surface area contributed by atoms with Gasteiger partial charge in [-0.25, -0.2) is 0 Å². The molecule has 0 unspecified atom stereocenters. The highest BCUT2D eigenvalue weighted by atomic mass is 16.3. The third-order valence-electron chi connectivity index (χ3n) is 3.39. The number of benzene rings is 1. The van der Waals surface area contributed by atoms with Crippen LogP contribution in [0.3, 0.4) is 0 Å². The first-order chi connectivity index (χ1) is 8.29. The Labute approximate surface area is 98.1 Å². The van der Waals surface area contributed by atoms with Gasteiger partial charge in [-0.2, -0.15) is 0 Å². The van der Waals surface area contributed by atoms with E-state index in [-0.39, 0.29) is 11.0 Å². The highest BCUT2D eigenvalue weighted by Gasteiger charge is 2.13. The summed E-state index contributed by atoms with van der Waals surface area (Å²) in [5.74, 6) is 0. The maximum atomic E-state index is 12.0. The van der Waals surface area contributed by atoms with Crippen LogP contribution < -0.4 is 5.43 Å². The molecule has 0 radical (unpaired) electrons. The van der Waals surface area contributed by atoms with Crippen LogP contribution in [-0.2, 0) is 12.8 Å². The number of carbonyl (C=O) groups is 1. The minimum absolute atomic E-state index is 0.0910. The molecule has 86 valence electrons. The molecule has 0 fully saturated rings. The smallest absolute Gasteiger partial charge is 0.203 e. The Kier molecular flexibility index (Phi) is 2.32. The Hall–Kier alpha value is -1.90. The van der Waals surface area contributed by atoms with Gasteiger partial charge < -0.3 is 4.42 Å². The summed E-state index contributed by atoms with van der Waals surface area (Å²) in [6.45, 7) is 0. The van der Waals surface area contributed by atoms with E-state index in [2.05, 4.69) is 0 Å². The normalized spacial score (nSPS) is 14.6. The minimum Gasteiger partial charge on any atom is -0.463 e. The molecule has 2 aromatic rings. The molecule has 0 aliphatic heterocycles.